The van der Waals surface area contributed by atoms with Crippen molar-refractivity contribution in [2.24, 2.45) is 0 Å². The highest BCUT2D eigenvalue weighted by molar-refractivity contribution is 6.08. The maximum Gasteiger partial charge on any atom is 0.285 e. The van der Waals surface area contributed by atoms with E-state index in [1.54, 1.807) is 0 Å². The first-order chi connectivity index (χ1) is 9.13. The number of aromatic nitrogens is 2. The van der Waals surface area contributed by atoms with Crippen LogP contribution in [0.5, 0.6) is 5.75 Å². The van der Waals surface area contributed by atoms with E-state index in [0.29, 0.717) is 0 Å². The minimum absolute atomic E-state index is 0.123. The van der Waals surface area contributed by atoms with Gasteiger partial charge in [-0.1, -0.05) is 6.07 Å². The predicted octanol–water partition coefficient (Wildman–Crippen LogP) is 1.58. The number of H-pyrrole nitrogens is 1. The lowest BCUT2D eigenvalue weighted by Crippen LogP contribution is -2.16. The Hall–Kier alpha value is -2.90. The number of ether oxygens (including phenoxy) is 1. The quantitative estimate of drug-likeness (QED) is 0.642. The molecule has 8 heteroatoms. The monoisotopic (exact) mass is 262 g/mol. The highest BCUT2D eigenvalue weighted by Gasteiger charge is 2.25. The third-order valence-corrected chi connectivity index (χ3v) is 2.38. The van der Waals surface area contributed by atoms with Crippen LogP contribution >= 0.6 is 0 Å². The number of carbonyl (C=O) groups is 1. The molecule has 0 fully saturated rings. The minimum atomic E-state index is -0.667. The number of aromatic amines is 1. The SMILES string of the molecule is COc1cccc([N+](=O)[O-])c1C(=O)Nc1ncc[nH]1. The minimum Gasteiger partial charge on any atom is -0.496 e. The fraction of sp³-hybridized carbons (Fsp3) is 0.0909. The van der Waals surface area contributed by atoms with Crippen LogP contribution in [0, 0.1) is 10.1 Å². The first kappa shape index (κ1) is 12.6. The Morgan fingerprint density at radius 1 is 1.53 bits per heavy atom. The summed E-state index contributed by atoms with van der Waals surface area (Å²) in [4.78, 5) is 28.8. The van der Waals surface area contributed by atoms with E-state index in [2.05, 4.69) is 15.3 Å². The van der Waals surface area contributed by atoms with Crippen LogP contribution < -0.4 is 10.1 Å². The van der Waals surface area contributed by atoms with Crippen LogP contribution in [0.2, 0.25) is 0 Å². The Bertz CT molecular complexity index is 609. The van der Waals surface area contributed by atoms with Crippen molar-refractivity contribution in [3.8, 4) is 5.75 Å². The van der Waals surface area contributed by atoms with Crippen molar-refractivity contribution >= 4 is 17.5 Å². The van der Waals surface area contributed by atoms with Crippen LogP contribution in [0.1, 0.15) is 10.4 Å². The van der Waals surface area contributed by atoms with Gasteiger partial charge in [-0.3, -0.25) is 20.2 Å². The fourth-order valence-corrected chi connectivity index (χ4v) is 1.57. The lowest BCUT2D eigenvalue weighted by molar-refractivity contribution is -0.385. The molecule has 98 valence electrons. The Morgan fingerprint density at radius 2 is 2.32 bits per heavy atom. The normalized spacial score (nSPS) is 9.95. The molecule has 0 saturated heterocycles. The number of nitro groups is 1. The summed E-state index contributed by atoms with van der Waals surface area (Å²) in [7, 11) is 1.34. The van der Waals surface area contributed by atoms with Gasteiger partial charge in [-0.15, -0.1) is 0 Å². The lowest BCUT2D eigenvalue weighted by atomic mass is 10.1. The number of benzene rings is 1. The molecule has 0 saturated carbocycles. The molecule has 2 aromatic rings. The van der Waals surface area contributed by atoms with Crippen LogP contribution in [-0.4, -0.2) is 27.9 Å². The second kappa shape index (κ2) is 5.17. The molecule has 0 spiro atoms. The van der Waals surface area contributed by atoms with E-state index in [1.165, 1.54) is 37.7 Å². The molecule has 0 radical (unpaired) electrons. The van der Waals surface area contributed by atoms with Gasteiger partial charge in [0.25, 0.3) is 11.6 Å². The summed E-state index contributed by atoms with van der Waals surface area (Å²) in [6.07, 6.45) is 2.97. The third-order valence-electron chi connectivity index (χ3n) is 2.38. The number of nitro benzene ring substituents is 1. The zero-order valence-corrected chi connectivity index (χ0v) is 9.91. The Morgan fingerprint density at radius 3 is 2.89 bits per heavy atom. The number of nitrogens with one attached hydrogen (secondary N) is 2. The molecule has 0 aliphatic carbocycles. The van der Waals surface area contributed by atoms with Crippen molar-refractivity contribution in [3.63, 3.8) is 0 Å². The summed E-state index contributed by atoms with van der Waals surface area (Å²) >= 11 is 0. The first-order valence-electron chi connectivity index (χ1n) is 5.25. The Balaban J connectivity index is 2.41. The molecule has 0 aliphatic heterocycles. The number of nitrogens with zero attached hydrogens (tertiary/aromatic N) is 2. The van der Waals surface area contributed by atoms with E-state index in [1.807, 2.05) is 0 Å². The summed E-state index contributed by atoms with van der Waals surface area (Å²) in [5.74, 6) is -0.345. The van der Waals surface area contributed by atoms with Crippen molar-refractivity contribution < 1.29 is 14.5 Å². The molecule has 2 N–H and O–H groups in total. The largest absolute Gasteiger partial charge is 0.496 e. The van der Waals surface area contributed by atoms with Crippen LogP contribution in [0.15, 0.2) is 30.6 Å². The standard InChI is InChI=1S/C11H10N4O4/c1-19-8-4-2-3-7(15(17)18)9(8)10(16)14-11-12-5-6-13-11/h2-6H,1H3,(H2,12,13,14,16). The molecule has 1 amide bonds. The Kier molecular flexibility index (Phi) is 3.42. The number of hydrogen-bond acceptors (Lipinski definition) is 5. The van der Waals surface area contributed by atoms with Crippen molar-refractivity contribution in [2.75, 3.05) is 12.4 Å². The second-order valence-corrected chi connectivity index (χ2v) is 3.50. The molecule has 0 unspecified atom stereocenters. The maximum absolute atomic E-state index is 12.1. The fourth-order valence-electron chi connectivity index (χ4n) is 1.57. The van der Waals surface area contributed by atoms with E-state index < -0.39 is 10.8 Å². The topological polar surface area (TPSA) is 110 Å². The number of hydrogen-bond donors (Lipinski definition) is 2. The molecule has 1 heterocycles. The molecule has 0 bridgehead atoms. The highest BCUT2D eigenvalue weighted by atomic mass is 16.6. The van der Waals surface area contributed by atoms with E-state index in [0.717, 1.165) is 0 Å². The van der Waals surface area contributed by atoms with Crippen LogP contribution in [0.4, 0.5) is 11.6 Å². The van der Waals surface area contributed by atoms with E-state index in [4.69, 9.17) is 4.74 Å². The average Bonchev–Trinajstić information content (AvgIpc) is 2.90. The van der Waals surface area contributed by atoms with Crippen molar-refractivity contribution in [1.29, 1.82) is 0 Å². The lowest BCUT2D eigenvalue weighted by Gasteiger charge is -2.08. The smallest absolute Gasteiger partial charge is 0.285 e. The summed E-state index contributed by atoms with van der Waals surface area (Å²) in [6, 6.07) is 4.16. The molecule has 19 heavy (non-hydrogen) atoms. The first-order valence-corrected chi connectivity index (χ1v) is 5.25. The van der Waals surface area contributed by atoms with Crippen molar-refractivity contribution in [2.45, 2.75) is 0 Å². The van der Waals surface area contributed by atoms with Gasteiger partial charge in [-0.2, -0.15) is 0 Å². The molecular formula is C11H10N4O4. The van der Waals surface area contributed by atoms with Crippen molar-refractivity contribution in [3.05, 3.63) is 46.3 Å². The summed E-state index contributed by atoms with van der Waals surface area (Å²) < 4.78 is 4.98. The van der Waals surface area contributed by atoms with Gasteiger partial charge in [0.15, 0.2) is 5.56 Å². The summed E-state index contributed by atoms with van der Waals surface area (Å²) in [6.45, 7) is 0. The highest BCUT2D eigenvalue weighted by Crippen LogP contribution is 2.28. The average molecular weight is 262 g/mol. The number of carbonyl (C=O) groups excluding carboxylic acids is 1. The van der Waals surface area contributed by atoms with Gasteiger partial charge in [0.2, 0.25) is 5.95 Å². The third kappa shape index (κ3) is 2.51. The Labute approximate surface area is 107 Å². The van der Waals surface area contributed by atoms with E-state index in [9.17, 15) is 14.9 Å². The zero-order valence-electron chi connectivity index (χ0n) is 9.91. The molecule has 2 rings (SSSR count). The molecule has 0 aliphatic rings. The maximum atomic E-state index is 12.1. The van der Waals surface area contributed by atoms with Crippen molar-refractivity contribution in [1.82, 2.24) is 9.97 Å². The molecule has 8 nitrogen and oxygen atoms in total. The van der Waals surface area contributed by atoms with Crippen LogP contribution in [-0.2, 0) is 0 Å². The second-order valence-electron chi connectivity index (χ2n) is 3.50. The van der Waals surface area contributed by atoms with Gasteiger partial charge in [-0.25, -0.2) is 4.98 Å². The number of imidazole rings is 1. The van der Waals surface area contributed by atoms with Gasteiger partial charge in [0, 0.05) is 18.5 Å². The van der Waals surface area contributed by atoms with Gasteiger partial charge >= 0.3 is 0 Å². The summed E-state index contributed by atoms with van der Waals surface area (Å²) in [5.41, 5.74) is -0.477. The van der Waals surface area contributed by atoms with Crippen LogP contribution in [0.3, 0.4) is 0 Å². The van der Waals surface area contributed by atoms with E-state index in [-0.39, 0.29) is 22.9 Å². The molecular weight excluding hydrogens is 252 g/mol. The molecule has 1 aromatic carbocycles. The molecule has 1 aromatic heterocycles. The summed E-state index contributed by atoms with van der Waals surface area (Å²) in [5, 5.41) is 13.4. The number of rotatable bonds is 4. The van der Waals surface area contributed by atoms with E-state index >= 15 is 0 Å². The number of methoxy groups -OCH3 is 1. The van der Waals surface area contributed by atoms with Gasteiger partial charge in [0.05, 0.1) is 12.0 Å². The predicted molar refractivity (Wildman–Crippen MR) is 66.2 cm³/mol. The van der Waals surface area contributed by atoms with Gasteiger partial charge in [0.1, 0.15) is 5.75 Å². The van der Waals surface area contributed by atoms with Crippen LogP contribution in [0.25, 0.3) is 0 Å². The zero-order chi connectivity index (χ0) is 13.8. The molecule has 0 atom stereocenters. The van der Waals surface area contributed by atoms with Gasteiger partial charge < -0.3 is 9.72 Å². The number of anilines is 1. The number of amides is 1. The van der Waals surface area contributed by atoms with Gasteiger partial charge in [-0.05, 0) is 6.07 Å².